The first-order chi connectivity index (χ1) is 10.2. The number of carbonyl (C=O) groups excluding carboxylic acids is 1. The molecule has 1 aliphatic heterocycles. The number of benzene rings is 1. The molecule has 2 unspecified atom stereocenters. The molecule has 1 aromatic carbocycles. The maximum atomic E-state index is 11.6. The second kappa shape index (κ2) is 7.85. The molecule has 2 rings (SSSR count). The highest BCUT2D eigenvalue weighted by molar-refractivity contribution is 5.82. The number of para-hydroxylation sites is 2. The molecule has 1 aliphatic rings. The molecular formula is C15H22N2O4. The van der Waals surface area contributed by atoms with Crippen LogP contribution < -0.4 is 20.1 Å². The number of aliphatic hydroxyl groups excluding tert-OH is 1. The van der Waals surface area contributed by atoms with Crippen LogP contribution in [0.25, 0.3) is 0 Å². The van der Waals surface area contributed by atoms with Gasteiger partial charge in [0.1, 0.15) is 12.7 Å². The Morgan fingerprint density at radius 2 is 2.19 bits per heavy atom. The minimum atomic E-state index is -0.690. The Balaban J connectivity index is 1.74. The van der Waals surface area contributed by atoms with Crippen LogP contribution in [0.2, 0.25) is 0 Å². The summed E-state index contributed by atoms with van der Waals surface area (Å²) in [6.07, 6.45) is 1.06. The van der Waals surface area contributed by atoms with Crippen LogP contribution in [0.5, 0.6) is 11.5 Å². The van der Waals surface area contributed by atoms with E-state index in [4.69, 9.17) is 9.47 Å². The lowest BCUT2D eigenvalue weighted by atomic mass is 10.1. The molecule has 1 fully saturated rings. The molecule has 0 spiro atoms. The van der Waals surface area contributed by atoms with E-state index in [0.29, 0.717) is 18.0 Å². The third kappa shape index (κ3) is 4.61. The van der Waals surface area contributed by atoms with Crippen molar-refractivity contribution in [2.24, 2.45) is 0 Å². The summed E-state index contributed by atoms with van der Waals surface area (Å²) in [6, 6.07) is 7.06. The fourth-order valence-corrected chi connectivity index (χ4v) is 2.23. The van der Waals surface area contributed by atoms with E-state index in [1.54, 1.807) is 19.2 Å². The van der Waals surface area contributed by atoms with Gasteiger partial charge in [-0.25, -0.2) is 0 Å². The quantitative estimate of drug-likeness (QED) is 0.674. The molecule has 0 aromatic heterocycles. The van der Waals surface area contributed by atoms with Crippen molar-refractivity contribution in [2.75, 3.05) is 26.8 Å². The predicted octanol–water partition coefficient (Wildman–Crippen LogP) is 0.303. The standard InChI is InChI=1S/C15H22N2O4/c1-20-13-6-2-3-7-14(13)21-10-11(18)9-17-12-5-4-8-16-15(12)19/h2-3,6-7,11-12,17-18H,4-5,8-10H2,1H3,(H,16,19). The number of piperidine rings is 1. The van der Waals surface area contributed by atoms with Gasteiger partial charge in [-0.15, -0.1) is 0 Å². The number of hydrogen-bond acceptors (Lipinski definition) is 5. The summed E-state index contributed by atoms with van der Waals surface area (Å²) in [5.41, 5.74) is 0. The molecule has 0 radical (unpaired) electrons. The van der Waals surface area contributed by atoms with Crippen LogP contribution in [0.15, 0.2) is 24.3 Å². The van der Waals surface area contributed by atoms with Crippen molar-refractivity contribution in [1.29, 1.82) is 0 Å². The van der Waals surface area contributed by atoms with Crippen molar-refractivity contribution in [3.8, 4) is 11.5 Å². The van der Waals surface area contributed by atoms with E-state index < -0.39 is 6.10 Å². The molecule has 1 saturated heterocycles. The van der Waals surface area contributed by atoms with Gasteiger partial charge >= 0.3 is 0 Å². The Morgan fingerprint density at radius 1 is 1.43 bits per heavy atom. The van der Waals surface area contributed by atoms with Gasteiger partial charge in [0.25, 0.3) is 0 Å². The first-order valence-electron chi connectivity index (χ1n) is 7.15. The highest BCUT2D eigenvalue weighted by atomic mass is 16.5. The van der Waals surface area contributed by atoms with Gasteiger partial charge in [0, 0.05) is 13.1 Å². The largest absolute Gasteiger partial charge is 0.493 e. The lowest BCUT2D eigenvalue weighted by molar-refractivity contribution is -0.124. The fourth-order valence-electron chi connectivity index (χ4n) is 2.23. The number of ether oxygens (including phenoxy) is 2. The van der Waals surface area contributed by atoms with E-state index in [2.05, 4.69) is 10.6 Å². The first kappa shape index (κ1) is 15.6. The van der Waals surface area contributed by atoms with Crippen LogP contribution in [0.4, 0.5) is 0 Å². The number of hydrogen-bond donors (Lipinski definition) is 3. The molecule has 0 aliphatic carbocycles. The van der Waals surface area contributed by atoms with Gasteiger partial charge in [-0.05, 0) is 25.0 Å². The number of carbonyl (C=O) groups is 1. The SMILES string of the molecule is COc1ccccc1OCC(O)CNC1CCCNC1=O. The molecule has 116 valence electrons. The first-order valence-corrected chi connectivity index (χ1v) is 7.15. The normalized spacial score (nSPS) is 19.7. The van der Waals surface area contributed by atoms with Crippen LogP contribution in [-0.2, 0) is 4.79 Å². The maximum Gasteiger partial charge on any atom is 0.237 e. The third-order valence-corrected chi connectivity index (χ3v) is 3.39. The van der Waals surface area contributed by atoms with Crippen LogP contribution in [0, 0.1) is 0 Å². The van der Waals surface area contributed by atoms with Gasteiger partial charge in [0.2, 0.25) is 5.91 Å². The molecule has 3 N–H and O–H groups in total. The van der Waals surface area contributed by atoms with Crippen LogP contribution in [-0.4, -0.2) is 50.0 Å². The van der Waals surface area contributed by atoms with E-state index >= 15 is 0 Å². The average Bonchev–Trinajstić information content (AvgIpc) is 2.52. The van der Waals surface area contributed by atoms with Gasteiger partial charge in [-0.3, -0.25) is 4.79 Å². The van der Waals surface area contributed by atoms with Gasteiger partial charge in [-0.1, -0.05) is 12.1 Å². The molecule has 21 heavy (non-hydrogen) atoms. The second-order valence-electron chi connectivity index (χ2n) is 5.01. The minimum Gasteiger partial charge on any atom is -0.493 e. The van der Waals surface area contributed by atoms with Crippen molar-refractivity contribution in [1.82, 2.24) is 10.6 Å². The van der Waals surface area contributed by atoms with E-state index in [9.17, 15) is 9.90 Å². The summed E-state index contributed by atoms with van der Waals surface area (Å²) in [6.45, 7) is 1.19. The van der Waals surface area contributed by atoms with Crippen molar-refractivity contribution in [3.63, 3.8) is 0 Å². The predicted molar refractivity (Wildman–Crippen MR) is 78.5 cm³/mol. The summed E-state index contributed by atoms with van der Waals surface area (Å²) < 4.78 is 10.7. The Kier molecular flexibility index (Phi) is 5.83. The number of amides is 1. The van der Waals surface area contributed by atoms with Crippen molar-refractivity contribution in [2.45, 2.75) is 25.0 Å². The highest BCUT2D eigenvalue weighted by Crippen LogP contribution is 2.25. The lowest BCUT2D eigenvalue weighted by Gasteiger charge is -2.24. The summed E-state index contributed by atoms with van der Waals surface area (Å²) >= 11 is 0. The molecule has 1 amide bonds. The lowest BCUT2D eigenvalue weighted by Crippen LogP contribution is -2.50. The topological polar surface area (TPSA) is 79.8 Å². The van der Waals surface area contributed by atoms with Gasteiger partial charge < -0.3 is 25.2 Å². The van der Waals surface area contributed by atoms with Gasteiger partial charge in [0.15, 0.2) is 11.5 Å². The third-order valence-electron chi connectivity index (χ3n) is 3.39. The zero-order valence-electron chi connectivity index (χ0n) is 12.2. The van der Waals surface area contributed by atoms with E-state index in [0.717, 1.165) is 19.4 Å². The van der Waals surface area contributed by atoms with Crippen molar-refractivity contribution >= 4 is 5.91 Å². The molecule has 0 saturated carbocycles. The highest BCUT2D eigenvalue weighted by Gasteiger charge is 2.22. The summed E-state index contributed by atoms with van der Waals surface area (Å²) in [5, 5.41) is 15.8. The zero-order valence-corrected chi connectivity index (χ0v) is 12.2. The van der Waals surface area contributed by atoms with E-state index in [-0.39, 0.29) is 18.6 Å². The summed E-state index contributed by atoms with van der Waals surface area (Å²) in [4.78, 5) is 11.6. The van der Waals surface area contributed by atoms with Gasteiger partial charge in [-0.2, -0.15) is 0 Å². The van der Waals surface area contributed by atoms with Crippen molar-refractivity contribution < 1.29 is 19.4 Å². The molecule has 6 nitrogen and oxygen atoms in total. The zero-order chi connectivity index (χ0) is 15.1. The van der Waals surface area contributed by atoms with Gasteiger partial charge in [0.05, 0.1) is 13.2 Å². The summed E-state index contributed by atoms with van der Waals surface area (Å²) in [7, 11) is 1.57. The Morgan fingerprint density at radius 3 is 2.90 bits per heavy atom. The molecule has 2 atom stereocenters. The monoisotopic (exact) mass is 294 g/mol. The number of aliphatic hydroxyl groups is 1. The number of methoxy groups -OCH3 is 1. The molecule has 1 heterocycles. The smallest absolute Gasteiger partial charge is 0.237 e. The molecular weight excluding hydrogens is 272 g/mol. The maximum absolute atomic E-state index is 11.6. The fraction of sp³-hybridized carbons (Fsp3) is 0.533. The van der Waals surface area contributed by atoms with E-state index in [1.165, 1.54) is 0 Å². The molecule has 1 aromatic rings. The molecule has 0 bridgehead atoms. The minimum absolute atomic E-state index is 0.000836. The van der Waals surface area contributed by atoms with Crippen LogP contribution in [0.1, 0.15) is 12.8 Å². The molecule has 6 heteroatoms. The number of nitrogens with one attached hydrogen (secondary N) is 2. The Hall–Kier alpha value is -1.79. The van der Waals surface area contributed by atoms with Crippen LogP contribution in [0.3, 0.4) is 0 Å². The van der Waals surface area contributed by atoms with Crippen LogP contribution >= 0.6 is 0 Å². The summed E-state index contributed by atoms with van der Waals surface area (Å²) in [5.74, 6) is 1.22. The Labute approximate surface area is 124 Å². The van der Waals surface area contributed by atoms with Crippen molar-refractivity contribution in [3.05, 3.63) is 24.3 Å². The van der Waals surface area contributed by atoms with E-state index in [1.807, 2.05) is 12.1 Å². The Bertz CT molecular complexity index is 467. The number of rotatable bonds is 7. The second-order valence-corrected chi connectivity index (χ2v) is 5.01. The average molecular weight is 294 g/mol.